The average molecular weight is 258 g/mol. The van der Waals surface area contributed by atoms with Crippen LogP contribution in [0.1, 0.15) is 22.0 Å². The minimum absolute atomic E-state index is 0.0303. The fourth-order valence-corrected chi connectivity index (χ4v) is 1.68. The van der Waals surface area contributed by atoms with Gasteiger partial charge in [-0.3, -0.25) is 9.59 Å². The van der Waals surface area contributed by atoms with Gasteiger partial charge < -0.3 is 15.4 Å². The van der Waals surface area contributed by atoms with Crippen molar-refractivity contribution in [3.8, 4) is 0 Å². The summed E-state index contributed by atoms with van der Waals surface area (Å²) in [6.45, 7) is 0.0528. The molecule has 0 radical (unpaired) electrons. The Morgan fingerprint density at radius 1 is 1.21 bits per heavy atom. The molecule has 1 amide bonds. The third-order valence-corrected chi connectivity index (χ3v) is 2.70. The number of nitrogens with one attached hydrogen (secondary N) is 2. The van der Waals surface area contributed by atoms with E-state index in [1.54, 1.807) is 18.2 Å². The minimum Gasteiger partial charge on any atom is -0.387 e. The molecule has 0 spiro atoms. The predicted octanol–water partition coefficient (Wildman–Crippen LogP) is 0.838. The number of rotatable bonds is 4. The summed E-state index contributed by atoms with van der Waals surface area (Å²) >= 11 is 0. The lowest BCUT2D eigenvalue weighted by molar-refractivity contribution is 0.0915. The zero-order chi connectivity index (χ0) is 13.7. The number of aliphatic hydroxyl groups is 1. The van der Waals surface area contributed by atoms with Gasteiger partial charge in [-0.25, -0.2) is 0 Å². The lowest BCUT2D eigenvalue weighted by Crippen LogP contribution is -2.32. The van der Waals surface area contributed by atoms with Crippen LogP contribution in [-0.2, 0) is 0 Å². The SMILES string of the molecule is O=C(NC[C@H](O)c1ccccc1)c1ccc[nH]c1=O. The summed E-state index contributed by atoms with van der Waals surface area (Å²) in [6, 6.07) is 12.0. The molecule has 0 fully saturated rings. The number of aliphatic hydroxyl groups excluding tert-OH is 1. The van der Waals surface area contributed by atoms with E-state index in [2.05, 4.69) is 10.3 Å². The Morgan fingerprint density at radius 2 is 1.95 bits per heavy atom. The van der Waals surface area contributed by atoms with Gasteiger partial charge >= 0.3 is 0 Å². The fraction of sp³-hybridized carbons (Fsp3) is 0.143. The van der Waals surface area contributed by atoms with E-state index in [1.807, 2.05) is 18.2 Å². The van der Waals surface area contributed by atoms with Gasteiger partial charge in [0.05, 0.1) is 6.10 Å². The van der Waals surface area contributed by atoms with E-state index in [9.17, 15) is 14.7 Å². The maximum atomic E-state index is 11.8. The van der Waals surface area contributed by atoms with Gasteiger partial charge in [0.25, 0.3) is 11.5 Å². The summed E-state index contributed by atoms with van der Waals surface area (Å²) in [5.41, 5.74) is 0.293. The van der Waals surface area contributed by atoms with Crippen molar-refractivity contribution < 1.29 is 9.90 Å². The summed E-state index contributed by atoms with van der Waals surface area (Å²) in [4.78, 5) is 25.6. The van der Waals surface area contributed by atoms with E-state index in [0.717, 1.165) is 0 Å². The number of pyridine rings is 1. The number of amides is 1. The number of hydrogen-bond donors (Lipinski definition) is 3. The van der Waals surface area contributed by atoms with Crippen molar-refractivity contribution in [2.24, 2.45) is 0 Å². The highest BCUT2D eigenvalue weighted by Gasteiger charge is 2.12. The van der Waals surface area contributed by atoms with Crippen LogP contribution in [0.2, 0.25) is 0 Å². The molecular formula is C14H14N2O3. The molecule has 5 heteroatoms. The summed E-state index contributed by atoms with van der Waals surface area (Å²) in [7, 11) is 0. The van der Waals surface area contributed by atoms with Crippen LogP contribution in [0, 0.1) is 0 Å². The Bertz CT molecular complexity index is 607. The number of H-pyrrole nitrogens is 1. The van der Waals surface area contributed by atoms with E-state index in [-0.39, 0.29) is 12.1 Å². The van der Waals surface area contributed by atoms with Crippen LogP contribution < -0.4 is 10.9 Å². The van der Waals surface area contributed by atoms with E-state index in [1.165, 1.54) is 12.3 Å². The monoisotopic (exact) mass is 258 g/mol. The molecule has 1 aromatic carbocycles. The number of aromatic nitrogens is 1. The lowest BCUT2D eigenvalue weighted by Gasteiger charge is -2.11. The topological polar surface area (TPSA) is 82.2 Å². The maximum Gasteiger partial charge on any atom is 0.260 e. The molecule has 1 heterocycles. The molecule has 2 aromatic rings. The number of hydrogen-bond acceptors (Lipinski definition) is 3. The van der Waals surface area contributed by atoms with Crippen LogP contribution >= 0.6 is 0 Å². The highest BCUT2D eigenvalue weighted by molar-refractivity contribution is 5.93. The van der Waals surface area contributed by atoms with Crippen molar-refractivity contribution >= 4 is 5.91 Å². The first kappa shape index (κ1) is 13.0. The molecule has 0 aliphatic heterocycles. The summed E-state index contributed by atoms with van der Waals surface area (Å²) in [5, 5.41) is 12.4. The van der Waals surface area contributed by atoms with Gasteiger partial charge in [-0.2, -0.15) is 0 Å². The minimum atomic E-state index is -0.798. The van der Waals surface area contributed by atoms with E-state index < -0.39 is 17.6 Å². The summed E-state index contributed by atoms with van der Waals surface area (Å²) in [6.07, 6.45) is 0.658. The predicted molar refractivity (Wildman–Crippen MR) is 70.8 cm³/mol. The van der Waals surface area contributed by atoms with Crippen LogP contribution in [-0.4, -0.2) is 22.5 Å². The van der Waals surface area contributed by atoms with Crippen LogP contribution in [0.4, 0.5) is 0 Å². The van der Waals surface area contributed by atoms with Crippen LogP contribution in [0.5, 0.6) is 0 Å². The second-order valence-electron chi connectivity index (χ2n) is 4.05. The summed E-state index contributed by atoms with van der Waals surface area (Å²) in [5.74, 6) is -0.503. The Morgan fingerprint density at radius 3 is 2.63 bits per heavy atom. The van der Waals surface area contributed by atoms with Gasteiger partial charge in [-0.15, -0.1) is 0 Å². The molecule has 0 aliphatic carbocycles. The molecule has 2 rings (SSSR count). The molecule has 0 saturated carbocycles. The molecule has 3 N–H and O–H groups in total. The van der Waals surface area contributed by atoms with E-state index >= 15 is 0 Å². The summed E-state index contributed by atoms with van der Waals surface area (Å²) < 4.78 is 0. The quantitative estimate of drug-likeness (QED) is 0.760. The third-order valence-electron chi connectivity index (χ3n) is 2.70. The van der Waals surface area contributed by atoms with Crippen LogP contribution in [0.25, 0.3) is 0 Å². The van der Waals surface area contributed by atoms with Crippen molar-refractivity contribution in [2.45, 2.75) is 6.10 Å². The first-order valence-corrected chi connectivity index (χ1v) is 5.87. The van der Waals surface area contributed by atoms with Crippen molar-refractivity contribution in [3.05, 3.63) is 70.1 Å². The highest BCUT2D eigenvalue weighted by atomic mass is 16.3. The second kappa shape index (κ2) is 5.97. The molecule has 5 nitrogen and oxygen atoms in total. The molecule has 1 aromatic heterocycles. The molecule has 1 atom stereocenters. The van der Waals surface area contributed by atoms with E-state index in [0.29, 0.717) is 5.56 Å². The van der Waals surface area contributed by atoms with Crippen LogP contribution in [0.3, 0.4) is 0 Å². The number of carbonyl (C=O) groups is 1. The molecule has 98 valence electrons. The van der Waals surface area contributed by atoms with Gasteiger partial charge in [0.15, 0.2) is 0 Å². The number of aromatic amines is 1. The van der Waals surface area contributed by atoms with Gasteiger partial charge in [0.1, 0.15) is 5.56 Å². The smallest absolute Gasteiger partial charge is 0.260 e. The van der Waals surface area contributed by atoms with Gasteiger partial charge in [-0.05, 0) is 17.7 Å². The Balaban J connectivity index is 1.98. The van der Waals surface area contributed by atoms with Crippen LogP contribution in [0.15, 0.2) is 53.5 Å². The number of benzene rings is 1. The Kier molecular flexibility index (Phi) is 4.10. The second-order valence-corrected chi connectivity index (χ2v) is 4.05. The lowest BCUT2D eigenvalue weighted by atomic mass is 10.1. The maximum absolute atomic E-state index is 11.8. The Hall–Kier alpha value is -2.40. The third kappa shape index (κ3) is 3.29. The van der Waals surface area contributed by atoms with Gasteiger partial charge in [0.2, 0.25) is 0 Å². The van der Waals surface area contributed by atoms with Crippen molar-refractivity contribution in [1.29, 1.82) is 0 Å². The normalized spacial score (nSPS) is 11.8. The standard InChI is InChI=1S/C14H14N2O3/c17-12(10-5-2-1-3-6-10)9-16-14(19)11-7-4-8-15-13(11)18/h1-8,12,17H,9H2,(H,15,18)(H,16,19)/t12-/m0/s1. The molecule has 0 aliphatic rings. The first-order valence-electron chi connectivity index (χ1n) is 5.87. The molecular weight excluding hydrogens is 244 g/mol. The van der Waals surface area contributed by atoms with Crippen molar-refractivity contribution in [1.82, 2.24) is 10.3 Å². The molecule has 0 saturated heterocycles. The van der Waals surface area contributed by atoms with Gasteiger partial charge in [-0.1, -0.05) is 30.3 Å². The van der Waals surface area contributed by atoms with Crippen molar-refractivity contribution in [2.75, 3.05) is 6.54 Å². The zero-order valence-electron chi connectivity index (χ0n) is 10.2. The van der Waals surface area contributed by atoms with E-state index in [4.69, 9.17) is 0 Å². The Labute approximate surface area is 109 Å². The van der Waals surface area contributed by atoms with Gasteiger partial charge in [0, 0.05) is 12.7 Å². The van der Waals surface area contributed by atoms with Crippen molar-refractivity contribution in [3.63, 3.8) is 0 Å². The number of carbonyl (C=O) groups excluding carboxylic acids is 1. The fourth-order valence-electron chi connectivity index (χ4n) is 1.68. The molecule has 0 bridgehead atoms. The molecule has 0 unspecified atom stereocenters. The highest BCUT2D eigenvalue weighted by Crippen LogP contribution is 2.10. The first-order chi connectivity index (χ1) is 9.18. The largest absolute Gasteiger partial charge is 0.387 e. The molecule has 19 heavy (non-hydrogen) atoms. The zero-order valence-corrected chi connectivity index (χ0v) is 10.2. The average Bonchev–Trinajstić information content (AvgIpc) is 2.46.